The smallest absolute Gasteiger partial charge is 0.158 e. The summed E-state index contributed by atoms with van der Waals surface area (Å²) in [5.74, 6) is 0.867. The van der Waals surface area contributed by atoms with Crippen molar-refractivity contribution >= 4 is 17.0 Å². The van der Waals surface area contributed by atoms with E-state index in [0.29, 0.717) is 23.9 Å². The van der Waals surface area contributed by atoms with Gasteiger partial charge < -0.3 is 4.74 Å². The number of pyridine rings is 1. The van der Waals surface area contributed by atoms with E-state index in [1.807, 2.05) is 28.2 Å². The van der Waals surface area contributed by atoms with Gasteiger partial charge in [-0.2, -0.15) is 10.2 Å². The monoisotopic (exact) mass is 491 g/mol. The summed E-state index contributed by atoms with van der Waals surface area (Å²) in [6.07, 6.45) is 10.5. The molecule has 184 valence electrons. The maximum atomic E-state index is 5.39. The van der Waals surface area contributed by atoms with Crippen molar-refractivity contribution in [1.29, 1.82) is 0 Å². The fourth-order valence-corrected chi connectivity index (χ4v) is 6.71. The minimum atomic E-state index is 0.317. The number of hydrogen-bond donors (Lipinski definition) is 1. The van der Waals surface area contributed by atoms with Gasteiger partial charge in [-0.15, -0.1) is 11.3 Å². The molecule has 0 bridgehead atoms. The lowest BCUT2D eigenvalue weighted by molar-refractivity contribution is -0.0738. The lowest BCUT2D eigenvalue weighted by atomic mass is 9.85. The van der Waals surface area contributed by atoms with Crippen molar-refractivity contribution < 1.29 is 4.74 Å². The highest BCUT2D eigenvalue weighted by Crippen LogP contribution is 2.42. The Morgan fingerprint density at radius 1 is 1.14 bits per heavy atom. The molecule has 0 atom stereocenters. The number of aromatic amines is 1. The second-order valence-corrected chi connectivity index (χ2v) is 11.4. The van der Waals surface area contributed by atoms with Crippen LogP contribution < -0.4 is 0 Å². The van der Waals surface area contributed by atoms with Gasteiger partial charge in [-0.3, -0.25) is 10.00 Å². The molecule has 0 amide bonds. The average Bonchev–Trinajstić information content (AvgIpc) is 3.56. The lowest BCUT2D eigenvalue weighted by Crippen LogP contribution is -2.52. The van der Waals surface area contributed by atoms with Crippen LogP contribution in [0.4, 0.5) is 0 Å². The Bertz CT molecular complexity index is 1330. The fourth-order valence-electron chi connectivity index (χ4n) is 5.62. The summed E-state index contributed by atoms with van der Waals surface area (Å²) in [5, 5.41) is 13.7. The van der Waals surface area contributed by atoms with E-state index in [0.717, 1.165) is 46.3 Å². The van der Waals surface area contributed by atoms with Crippen LogP contribution in [0.25, 0.3) is 27.5 Å². The number of likely N-dealkylation sites (N-methyl/N-ethyl adjacent to an activating group) is 1. The van der Waals surface area contributed by atoms with E-state index in [-0.39, 0.29) is 0 Å². The molecule has 0 spiro atoms. The summed E-state index contributed by atoms with van der Waals surface area (Å²) in [6, 6.07) is 3.45. The summed E-state index contributed by atoms with van der Waals surface area (Å²) in [6.45, 7) is 8.31. The zero-order valence-corrected chi connectivity index (χ0v) is 21.7. The highest BCUT2D eigenvalue weighted by molar-refractivity contribution is 7.15. The molecule has 35 heavy (non-hydrogen) atoms. The summed E-state index contributed by atoms with van der Waals surface area (Å²) in [4.78, 5) is 12.9. The minimum Gasteiger partial charge on any atom is -0.378 e. The van der Waals surface area contributed by atoms with Crippen LogP contribution in [0.5, 0.6) is 0 Å². The third-order valence-corrected chi connectivity index (χ3v) is 8.97. The number of nitrogens with zero attached hydrogens (tertiary/aromatic N) is 6. The van der Waals surface area contributed by atoms with Crippen LogP contribution in [-0.4, -0.2) is 67.0 Å². The van der Waals surface area contributed by atoms with Gasteiger partial charge in [-0.05, 0) is 57.2 Å². The molecule has 4 aromatic heterocycles. The van der Waals surface area contributed by atoms with E-state index in [1.54, 1.807) is 6.33 Å². The van der Waals surface area contributed by atoms with Gasteiger partial charge in [0.15, 0.2) is 5.65 Å². The molecule has 1 aliphatic heterocycles. The van der Waals surface area contributed by atoms with Gasteiger partial charge in [0.05, 0.1) is 34.8 Å². The van der Waals surface area contributed by atoms with E-state index in [2.05, 4.69) is 54.0 Å². The molecule has 8 nitrogen and oxygen atoms in total. The second-order valence-electron chi connectivity index (χ2n) is 10.4. The third kappa shape index (κ3) is 4.09. The molecule has 2 aliphatic rings. The molecule has 0 radical (unpaired) electrons. The maximum absolute atomic E-state index is 5.39. The second kappa shape index (κ2) is 9.11. The largest absolute Gasteiger partial charge is 0.378 e. The average molecular weight is 492 g/mol. The molecule has 1 aliphatic carbocycles. The Kier molecular flexibility index (Phi) is 5.94. The number of hydrogen-bond acceptors (Lipinski definition) is 7. The molecule has 1 N–H and O–H groups in total. The summed E-state index contributed by atoms with van der Waals surface area (Å²) >= 11 is 1.82. The predicted octanol–water partition coefficient (Wildman–Crippen LogP) is 5.03. The van der Waals surface area contributed by atoms with Gasteiger partial charge in [0.25, 0.3) is 0 Å². The van der Waals surface area contributed by atoms with Crippen molar-refractivity contribution in [3.63, 3.8) is 0 Å². The van der Waals surface area contributed by atoms with Gasteiger partial charge in [0.1, 0.15) is 12.0 Å². The number of H-pyrrole nitrogens is 1. The molecular formula is C26H33N7OS. The molecule has 4 aromatic rings. The van der Waals surface area contributed by atoms with Crippen LogP contribution in [0.2, 0.25) is 0 Å². The number of nitrogens with one attached hydrogen (secondary N) is 1. The van der Waals surface area contributed by atoms with Crippen molar-refractivity contribution in [1.82, 2.24) is 34.7 Å². The number of aryl methyl sites for hydroxylation is 1. The topological polar surface area (TPSA) is 84.2 Å². The third-order valence-electron chi connectivity index (χ3n) is 7.80. The number of fused-ring (bicyclic) bond motifs is 1. The minimum absolute atomic E-state index is 0.317. The van der Waals surface area contributed by atoms with Crippen molar-refractivity contribution in [2.24, 2.45) is 0 Å². The Hall–Kier alpha value is -2.62. The van der Waals surface area contributed by atoms with E-state index in [4.69, 9.17) is 14.8 Å². The van der Waals surface area contributed by atoms with E-state index < -0.39 is 0 Å². The molecule has 1 saturated heterocycles. The maximum Gasteiger partial charge on any atom is 0.158 e. The highest BCUT2D eigenvalue weighted by atomic mass is 32.1. The van der Waals surface area contributed by atoms with Crippen LogP contribution in [0, 0.1) is 6.92 Å². The Balaban J connectivity index is 1.24. The molecule has 2 fully saturated rings. The predicted molar refractivity (Wildman–Crippen MR) is 138 cm³/mol. The fraction of sp³-hybridized carbons (Fsp3) is 0.538. The van der Waals surface area contributed by atoms with Crippen LogP contribution in [0.15, 0.2) is 24.8 Å². The molecular weight excluding hydrogens is 458 g/mol. The number of ether oxygens (including phenoxy) is 1. The molecule has 0 aromatic carbocycles. The summed E-state index contributed by atoms with van der Waals surface area (Å²) in [7, 11) is 2.27. The number of thiazole rings is 1. The van der Waals surface area contributed by atoms with E-state index >= 15 is 0 Å². The van der Waals surface area contributed by atoms with Crippen LogP contribution >= 0.6 is 11.3 Å². The first kappa shape index (κ1) is 22.8. The zero-order chi connectivity index (χ0) is 24.1. The number of rotatable bonds is 6. The molecule has 0 unspecified atom stereocenters. The highest BCUT2D eigenvalue weighted by Gasteiger charge is 2.33. The summed E-state index contributed by atoms with van der Waals surface area (Å²) < 4.78 is 7.23. The van der Waals surface area contributed by atoms with E-state index in [9.17, 15) is 0 Å². The molecule has 5 heterocycles. The SMILES string of the molecule is Cc1cc(-c2[nH]nc(-c3cnc(C4CCC(N(C)C5COC5)CC4)s3)c2C(C)C)cn2ncnc12. The first-order valence-corrected chi connectivity index (χ1v) is 13.5. The van der Waals surface area contributed by atoms with E-state index in [1.165, 1.54) is 36.3 Å². The Labute approximate surface area is 209 Å². The Morgan fingerprint density at radius 2 is 1.94 bits per heavy atom. The molecule has 9 heteroatoms. The van der Waals surface area contributed by atoms with Gasteiger partial charge in [-0.1, -0.05) is 13.8 Å². The quantitative estimate of drug-likeness (QED) is 0.407. The van der Waals surface area contributed by atoms with Gasteiger partial charge in [0.2, 0.25) is 0 Å². The van der Waals surface area contributed by atoms with Crippen molar-refractivity contribution in [2.45, 2.75) is 70.4 Å². The molecule has 6 rings (SSSR count). The number of aromatic nitrogens is 6. The lowest BCUT2D eigenvalue weighted by Gasteiger charge is -2.42. The van der Waals surface area contributed by atoms with Crippen molar-refractivity contribution in [2.75, 3.05) is 20.3 Å². The summed E-state index contributed by atoms with van der Waals surface area (Å²) in [5.41, 5.74) is 6.35. The van der Waals surface area contributed by atoms with Crippen molar-refractivity contribution in [3.05, 3.63) is 40.9 Å². The first-order valence-electron chi connectivity index (χ1n) is 12.6. The van der Waals surface area contributed by atoms with Crippen LogP contribution in [-0.2, 0) is 4.74 Å². The first-order chi connectivity index (χ1) is 17.0. The van der Waals surface area contributed by atoms with Crippen LogP contribution in [0.3, 0.4) is 0 Å². The zero-order valence-electron chi connectivity index (χ0n) is 20.9. The Morgan fingerprint density at radius 3 is 2.66 bits per heavy atom. The van der Waals surface area contributed by atoms with Crippen LogP contribution in [0.1, 0.15) is 67.5 Å². The van der Waals surface area contributed by atoms with Crippen molar-refractivity contribution in [3.8, 4) is 21.8 Å². The van der Waals surface area contributed by atoms with Gasteiger partial charge >= 0.3 is 0 Å². The van der Waals surface area contributed by atoms with Gasteiger partial charge in [0, 0.05) is 35.5 Å². The van der Waals surface area contributed by atoms with Gasteiger partial charge in [-0.25, -0.2) is 14.5 Å². The standard InChI is InChI=1S/C26H33N7OS/c1-15(2)22-23(18-9-16(3)25-28-14-29-33(25)11-18)30-31-24(22)21-10-27-26(35-21)17-5-7-19(8-6-17)32(4)20-12-34-13-20/h9-11,14-15,17,19-20H,5-8,12-13H2,1-4H3,(H,30,31). The molecule has 1 saturated carbocycles. The normalized spacial score (nSPS) is 21.3.